The lowest BCUT2D eigenvalue weighted by Gasteiger charge is -2.21. The molecule has 0 saturated heterocycles. The highest BCUT2D eigenvalue weighted by Crippen LogP contribution is 2.33. The summed E-state index contributed by atoms with van der Waals surface area (Å²) < 4.78 is 38.7. The quantitative estimate of drug-likeness (QED) is 0.336. The van der Waals surface area contributed by atoms with Gasteiger partial charge in [0.15, 0.2) is 5.84 Å². The molecule has 124 valence electrons. The highest BCUT2D eigenvalue weighted by Gasteiger charge is 2.32. The first-order chi connectivity index (χ1) is 10.2. The summed E-state index contributed by atoms with van der Waals surface area (Å²) in [6, 6.07) is 3.07. The molecule has 1 unspecified atom stereocenters. The number of aliphatic hydroxyl groups excluding tert-OH is 1. The summed E-state index contributed by atoms with van der Waals surface area (Å²) in [4.78, 5) is 0. The number of unbranched alkanes of at least 4 members (excludes halogenated alkanes) is 1. The fourth-order valence-electron chi connectivity index (χ4n) is 2.12. The van der Waals surface area contributed by atoms with Gasteiger partial charge in [0.1, 0.15) is 0 Å². The van der Waals surface area contributed by atoms with Crippen molar-refractivity contribution < 1.29 is 18.3 Å². The molecule has 0 aliphatic heterocycles. The van der Waals surface area contributed by atoms with Crippen LogP contribution in [-0.4, -0.2) is 23.0 Å². The van der Waals surface area contributed by atoms with Crippen LogP contribution in [0.15, 0.2) is 23.3 Å². The normalized spacial score (nSPS) is 14.0. The Balaban J connectivity index is 3.37. The second-order valence-electron chi connectivity index (χ2n) is 5.02. The molecule has 1 rings (SSSR count). The van der Waals surface area contributed by atoms with Gasteiger partial charge >= 0.3 is 6.18 Å². The molecule has 1 atom stereocenters. The average Bonchev–Trinajstić information content (AvgIpc) is 2.44. The third kappa shape index (κ3) is 4.35. The van der Waals surface area contributed by atoms with E-state index in [0.717, 1.165) is 30.0 Å². The summed E-state index contributed by atoms with van der Waals surface area (Å²) in [7, 11) is 1.41. The smallest absolute Gasteiger partial charge is 0.388 e. The summed E-state index contributed by atoms with van der Waals surface area (Å²) in [5.74, 6) is 10.8. The van der Waals surface area contributed by atoms with Crippen LogP contribution in [0, 0.1) is 0 Å². The fraction of sp³-hybridized carbons (Fsp3) is 0.500. The molecular formula is C14H21F3N4O. The summed E-state index contributed by atoms with van der Waals surface area (Å²) in [5.41, 5.74) is -0.453. The third-order valence-electron chi connectivity index (χ3n) is 3.27. The van der Waals surface area contributed by atoms with E-state index in [4.69, 9.17) is 11.7 Å². The van der Waals surface area contributed by atoms with E-state index in [0.29, 0.717) is 12.0 Å². The van der Waals surface area contributed by atoms with E-state index >= 15 is 0 Å². The molecule has 8 heteroatoms. The first kappa shape index (κ1) is 18.2. The number of rotatable bonds is 5. The highest BCUT2D eigenvalue weighted by atomic mass is 19.4. The summed E-state index contributed by atoms with van der Waals surface area (Å²) in [6.07, 6.45) is -3.37. The molecule has 0 bridgehead atoms. The van der Waals surface area contributed by atoms with E-state index in [1.165, 1.54) is 13.1 Å². The monoisotopic (exact) mass is 318 g/mol. The van der Waals surface area contributed by atoms with Crippen LogP contribution in [0.25, 0.3) is 0 Å². The van der Waals surface area contributed by atoms with Gasteiger partial charge in [0, 0.05) is 12.6 Å². The molecule has 0 spiro atoms. The van der Waals surface area contributed by atoms with Crippen LogP contribution in [0.2, 0.25) is 0 Å². The van der Waals surface area contributed by atoms with E-state index in [1.54, 1.807) is 0 Å². The van der Waals surface area contributed by atoms with E-state index < -0.39 is 17.8 Å². The number of hydrazine groups is 1. The van der Waals surface area contributed by atoms with Crippen molar-refractivity contribution in [2.24, 2.45) is 16.8 Å². The Hall–Kier alpha value is -1.80. The van der Waals surface area contributed by atoms with Crippen LogP contribution in [0.3, 0.4) is 0 Å². The van der Waals surface area contributed by atoms with Crippen molar-refractivity contribution in [3.05, 3.63) is 34.9 Å². The number of halogens is 3. The minimum Gasteiger partial charge on any atom is -0.388 e. The molecule has 0 amide bonds. The molecule has 0 heterocycles. The number of hydrazone groups is 1. The molecular weight excluding hydrogens is 297 g/mol. The third-order valence-corrected chi connectivity index (χ3v) is 3.27. The standard InChI is InChI=1S/C14H21F3N4O/c1-3-4-5-12(22)10-7-6-9(14(15,16)17)8-11(10)13(20-18)21(2)19/h6-8,12,22H,3-5,18-19H2,1-2H3/b20-13-. The van der Waals surface area contributed by atoms with Crippen LogP contribution in [0.5, 0.6) is 0 Å². The van der Waals surface area contributed by atoms with Gasteiger partial charge in [-0.05, 0) is 24.1 Å². The molecule has 0 aromatic heterocycles. The number of aliphatic hydroxyl groups is 1. The number of benzene rings is 1. The van der Waals surface area contributed by atoms with Crippen molar-refractivity contribution >= 4 is 5.84 Å². The molecule has 0 saturated carbocycles. The van der Waals surface area contributed by atoms with Crippen molar-refractivity contribution in [3.8, 4) is 0 Å². The van der Waals surface area contributed by atoms with E-state index in [2.05, 4.69) is 5.10 Å². The first-order valence-electron chi connectivity index (χ1n) is 6.88. The van der Waals surface area contributed by atoms with Crippen LogP contribution >= 0.6 is 0 Å². The molecule has 0 fully saturated rings. The lowest BCUT2D eigenvalue weighted by Crippen LogP contribution is -2.36. The second-order valence-corrected chi connectivity index (χ2v) is 5.02. The predicted octanol–water partition coefficient (Wildman–Crippen LogP) is 2.35. The molecule has 0 aliphatic carbocycles. The minimum absolute atomic E-state index is 0.0309. The van der Waals surface area contributed by atoms with Crippen molar-refractivity contribution in [1.82, 2.24) is 5.01 Å². The minimum atomic E-state index is -4.51. The molecule has 5 nitrogen and oxygen atoms in total. The second kappa shape index (κ2) is 7.46. The number of alkyl halides is 3. The largest absolute Gasteiger partial charge is 0.416 e. The average molecular weight is 318 g/mol. The fourth-order valence-corrected chi connectivity index (χ4v) is 2.12. The topological polar surface area (TPSA) is 87.9 Å². The van der Waals surface area contributed by atoms with Crippen molar-refractivity contribution in [3.63, 3.8) is 0 Å². The van der Waals surface area contributed by atoms with Crippen molar-refractivity contribution in [1.29, 1.82) is 0 Å². The summed E-state index contributed by atoms with van der Waals surface area (Å²) >= 11 is 0. The predicted molar refractivity (Wildman–Crippen MR) is 78.6 cm³/mol. The first-order valence-corrected chi connectivity index (χ1v) is 6.88. The number of nitrogens with zero attached hydrogens (tertiary/aromatic N) is 2. The molecule has 0 radical (unpaired) electrons. The highest BCUT2D eigenvalue weighted by molar-refractivity contribution is 5.99. The van der Waals surface area contributed by atoms with Gasteiger partial charge in [-0.2, -0.15) is 18.3 Å². The molecule has 0 aliphatic rings. The zero-order valence-corrected chi connectivity index (χ0v) is 12.6. The Kier molecular flexibility index (Phi) is 6.19. The zero-order chi connectivity index (χ0) is 16.9. The van der Waals surface area contributed by atoms with Gasteiger partial charge in [-0.15, -0.1) is 0 Å². The molecule has 1 aromatic rings. The Morgan fingerprint density at radius 3 is 2.50 bits per heavy atom. The van der Waals surface area contributed by atoms with Gasteiger partial charge < -0.3 is 10.9 Å². The van der Waals surface area contributed by atoms with E-state index in [9.17, 15) is 18.3 Å². The van der Waals surface area contributed by atoms with Crippen LogP contribution < -0.4 is 11.7 Å². The van der Waals surface area contributed by atoms with Gasteiger partial charge in [0.25, 0.3) is 0 Å². The maximum absolute atomic E-state index is 12.9. The Labute approximate surface area is 127 Å². The van der Waals surface area contributed by atoms with E-state index in [-0.39, 0.29) is 11.4 Å². The molecule has 5 N–H and O–H groups in total. The maximum atomic E-state index is 12.9. The Morgan fingerprint density at radius 2 is 2.05 bits per heavy atom. The van der Waals surface area contributed by atoms with Crippen molar-refractivity contribution in [2.75, 3.05) is 7.05 Å². The summed E-state index contributed by atoms with van der Waals surface area (Å²) in [6.45, 7) is 1.96. The van der Waals surface area contributed by atoms with Gasteiger partial charge in [-0.1, -0.05) is 25.8 Å². The van der Waals surface area contributed by atoms with Gasteiger partial charge in [-0.25, -0.2) is 5.84 Å². The van der Waals surface area contributed by atoms with Crippen LogP contribution in [-0.2, 0) is 6.18 Å². The molecule has 1 aromatic carbocycles. The lowest BCUT2D eigenvalue weighted by molar-refractivity contribution is -0.137. The van der Waals surface area contributed by atoms with Gasteiger partial charge in [0.05, 0.1) is 11.7 Å². The number of hydrogen-bond donors (Lipinski definition) is 3. The van der Waals surface area contributed by atoms with Crippen LogP contribution in [0.4, 0.5) is 13.2 Å². The number of hydrogen-bond acceptors (Lipinski definition) is 4. The van der Waals surface area contributed by atoms with E-state index in [1.807, 2.05) is 6.92 Å². The van der Waals surface area contributed by atoms with Crippen molar-refractivity contribution in [2.45, 2.75) is 38.5 Å². The SMILES string of the molecule is CCCCC(O)c1ccc(C(F)(F)F)cc1/C(=N/N)N(C)N. The lowest BCUT2D eigenvalue weighted by atomic mass is 9.95. The molecule has 22 heavy (non-hydrogen) atoms. The van der Waals surface area contributed by atoms with Crippen LogP contribution in [0.1, 0.15) is 49.0 Å². The Bertz CT molecular complexity index is 529. The number of nitrogens with two attached hydrogens (primary N) is 2. The summed E-state index contributed by atoms with van der Waals surface area (Å²) in [5, 5.41) is 14.7. The number of amidine groups is 1. The van der Waals surface area contributed by atoms with Gasteiger partial charge in [-0.3, -0.25) is 5.01 Å². The zero-order valence-electron chi connectivity index (χ0n) is 12.6. The Morgan fingerprint density at radius 1 is 1.41 bits per heavy atom. The van der Waals surface area contributed by atoms with Gasteiger partial charge in [0.2, 0.25) is 0 Å². The maximum Gasteiger partial charge on any atom is 0.416 e.